The Morgan fingerprint density at radius 1 is 0.717 bits per heavy atom. The third-order valence-corrected chi connectivity index (χ3v) is 10.6. The Balaban J connectivity index is 1.22. The number of benzene rings is 4. The van der Waals surface area contributed by atoms with Gasteiger partial charge in [-0.05, 0) is 65.8 Å². The highest BCUT2D eigenvalue weighted by atomic mass is 32.2. The quantitative estimate of drug-likeness (QED) is 0.0547. The first-order chi connectivity index (χ1) is 25.4. The lowest BCUT2D eigenvalue weighted by molar-refractivity contribution is -0.917. The summed E-state index contributed by atoms with van der Waals surface area (Å²) in [6, 6.07) is 29.5. The number of alkyl halides is 3. The molecule has 0 bridgehead atoms. The largest absolute Gasteiger partial charge is 0.416 e. The topological polar surface area (TPSA) is 65.6 Å². The molecule has 1 aliphatic rings. The van der Waals surface area contributed by atoms with Crippen LogP contribution in [0.3, 0.4) is 0 Å². The van der Waals surface area contributed by atoms with Crippen molar-refractivity contribution in [2.45, 2.75) is 62.5 Å². The van der Waals surface area contributed by atoms with Crippen LogP contribution in [0, 0.1) is 5.82 Å². The first-order valence-electron chi connectivity index (χ1n) is 17.5. The first kappa shape index (κ1) is 36.3. The maximum Gasteiger partial charge on any atom is 0.416 e. The summed E-state index contributed by atoms with van der Waals surface area (Å²) in [6.07, 6.45) is -2.03. The number of aromatic nitrogens is 5. The fourth-order valence-electron chi connectivity index (χ4n) is 6.87. The van der Waals surface area contributed by atoms with E-state index < -0.39 is 11.7 Å². The summed E-state index contributed by atoms with van der Waals surface area (Å²) >= 11 is 1.53. The third kappa shape index (κ3) is 8.60. The van der Waals surface area contributed by atoms with Crippen LogP contribution in [0.15, 0.2) is 113 Å². The number of thioether (sulfide) groups is 1. The first-order valence-corrected chi connectivity index (χ1v) is 18.4. The van der Waals surface area contributed by atoms with Gasteiger partial charge in [-0.3, -0.25) is 4.79 Å². The van der Waals surface area contributed by atoms with Gasteiger partial charge >= 0.3 is 6.18 Å². The second-order valence-corrected chi connectivity index (χ2v) is 15.1. The predicted octanol–water partition coefficient (Wildman–Crippen LogP) is 8.31. The van der Waals surface area contributed by atoms with Crippen molar-refractivity contribution in [3.05, 3.63) is 164 Å². The summed E-state index contributed by atoms with van der Waals surface area (Å²) < 4.78 is 57.9. The van der Waals surface area contributed by atoms with E-state index in [0.717, 1.165) is 70.1 Å². The van der Waals surface area contributed by atoms with E-state index in [4.69, 9.17) is 10.2 Å². The summed E-state index contributed by atoms with van der Waals surface area (Å²) in [4.78, 5) is 17.7. The van der Waals surface area contributed by atoms with Crippen molar-refractivity contribution < 1.29 is 22.0 Å². The molecule has 0 atom stereocenters. The molecule has 0 N–H and O–H groups in total. The third-order valence-electron chi connectivity index (χ3n) is 9.55. The summed E-state index contributed by atoms with van der Waals surface area (Å²) in [6.45, 7) is 1.99. The predicted molar refractivity (Wildman–Crippen MR) is 198 cm³/mol. The van der Waals surface area contributed by atoms with Crippen LogP contribution in [0.4, 0.5) is 17.6 Å². The van der Waals surface area contributed by atoms with E-state index in [-0.39, 0.29) is 11.4 Å². The Labute approximate surface area is 309 Å². The highest BCUT2D eigenvalue weighted by molar-refractivity contribution is 7.98. The smallest absolute Gasteiger partial charge is 0.318 e. The van der Waals surface area contributed by atoms with Gasteiger partial charge < -0.3 is 13.6 Å². The van der Waals surface area contributed by atoms with Crippen molar-refractivity contribution in [2.75, 3.05) is 14.1 Å². The summed E-state index contributed by atoms with van der Waals surface area (Å²) in [5.74, 6) is 1.86. The van der Waals surface area contributed by atoms with Crippen LogP contribution in [0.5, 0.6) is 0 Å². The molecule has 0 saturated heterocycles. The van der Waals surface area contributed by atoms with Crippen LogP contribution in [0.25, 0.3) is 11.1 Å². The van der Waals surface area contributed by atoms with Gasteiger partial charge in [-0.2, -0.15) is 18.2 Å². The number of nitrogens with zero attached hydrogens (tertiary/aromatic N) is 6. The van der Waals surface area contributed by atoms with E-state index >= 15 is 0 Å². The molecule has 6 aromatic rings. The second-order valence-electron chi connectivity index (χ2n) is 14.1. The van der Waals surface area contributed by atoms with E-state index in [1.54, 1.807) is 12.1 Å². The van der Waals surface area contributed by atoms with Gasteiger partial charge in [0.05, 0.1) is 32.7 Å². The van der Waals surface area contributed by atoms with Crippen molar-refractivity contribution in [1.82, 2.24) is 24.3 Å². The maximum atomic E-state index is 13.7. The molecule has 2 heterocycles. The molecular formula is C41H39F4N6OS+. The zero-order chi connectivity index (χ0) is 37.2. The van der Waals surface area contributed by atoms with Gasteiger partial charge in [0.1, 0.15) is 18.9 Å². The Morgan fingerprint density at radius 3 is 2.04 bits per heavy atom. The Hall–Kier alpha value is -5.07. The molecule has 0 fully saturated rings. The number of hydrogen-bond acceptors (Lipinski definition) is 5. The zero-order valence-corrected chi connectivity index (χ0v) is 30.3. The molecule has 1 aliphatic carbocycles. The maximum absolute atomic E-state index is 13.7. The van der Waals surface area contributed by atoms with Crippen LogP contribution in [-0.2, 0) is 50.9 Å². The van der Waals surface area contributed by atoms with Crippen molar-refractivity contribution >= 4 is 11.8 Å². The molecule has 7 nitrogen and oxygen atoms in total. The average Bonchev–Trinajstić information content (AvgIpc) is 3.78. The van der Waals surface area contributed by atoms with E-state index in [9.17, 15) is 22.4 Å². The Morgan fingerprint density at radius 2 is 1.36 bits per heavy atom. The van der Waals surface area contributed by atoms with Crippen molar-refractivity contribution in [3.8, 4) is 11.1 Å². The molecule has 272 valence electrons. The van der Waals surface area contributed by atoms with Crippen molar-refractivity contribution in [1.29, 1.82) is 0 Å². The number of fused-ring (bicyclic) bond motifs is 1. The molecule has 0 aliphatic heterocycles. The monoisotopic (exact) mass is 739 g/mol. The second kappa shape index (κ2) is 15.1. The van der Waals surface area contributed by atoms with Crippen LogP contribution in [0.2, 0.25) is 0 Å². The van der Waals surface area contributed by atoms with E-state index in [1.807, 2.05) is 42.5 Å². The van der Waals surface area contributed by atoms with Gasteiger partial charge in [0.2, 0.25) is 0 Å². The fourth-order valence-corrected chi connectivity index (χ4v) is 7.84. The van der Waals surface area contributed by atoms with Crippen LogP contribution < -0.4 is 5.56 Å². The van der Waals surface area contributed by atoms with Gasteiger partial charge in [0.15, 0.2) is 16.8 Å². The summed E-state index contributed by atoms with van der Waals surface area (Å²) in [5.41, 5.74) is 5.49. The van der Waals surface area contributed by atoms with Gasteiger partial charge in [-0.25, -0.2) is 4.39 Å². The SMILES string of the molecule is C[N+](C)(Cc1ccc(F)cc1)Cc1nnc(Cn2c(SCc3ccccc3)nc(=O)c3c2CCC3)n1Cc1ccc(-c2ccc(C(F)(F)F)cc2)cc1. The number of hydrogen-bond donors (Lipinski definition) is 0. The summed E-state index contributed by atoms with van der Waals surface area (Å²) in [7, 11) is 4.19. The summed E-state index contributed by atoms with van der Waals surface area (Å²) in [5, 5.41) is 10.1. The Bertz CT molecular complexity index is 2250. The fraction of sp³-hybridized carbons (Fsp3) is 0.268. The molecule has 0 spiro atoms. The number of quaternary nitrogens is 1. The van der Waals surface area contributed by atoms with Crippen molar-refractivity contribution in [3.63, 3.8) is 0 Å². The van der Waals surface area contributed by atoms with E-state index in [0.29, 0.717) is 53.6 Å². The normalized spacial score (nSPS) is 13.0. The lowest BCUT2D eigenvalue weighted by atomic mass is 10.0. The molecule has 4 aromatic carbocycles. The van der Waals surface area contributed by atoms with Gasteiger partial charge in [-0.1, -0.05) is 90.6 Å². The van der Waals surface area contributed by atoms with Gasteiger partial charge in [0.25, 0.3) is 5.56 Å². The van der Waals surface area contributed by atoms with E-state index in [1.165, 1.54) is 36.0 Å². The molecule has 2 aromatic heterocycles. The minimum atomic E-state index is -4.39. The molecular weight excluding hydrogens is 701 g/mol. The van der Waals surface area contributed by atoms with Crippen molar-refractivity contribution in [2.24, 2.45) is 0 Å². The minimum Gasteiger partial charge on any atom is -0.318 e. The van der Waals surface area contributed by atoms with Gasteiger partial charge in [0, 0.05) is 22.6 Å². The number of rotatable bonds is 12. The van der Waals surface area contributed by atoms with Crippen LogP contribution >= 0.6 is 11.8 Å². The highest BCUT2D eigenvalue weighted by Gasteiger charge is 2.30. The molecule has 53 heavy (non-hydrogen) atoms. The molecule has 7 rings (SSSR count). The van der Waals surface area contributed by atoms with Crippen LogP contribution in [0.1, 0.15) is 51.6 Å². The van der Waals surface area contributed by atoms with E-state index in [2.05, 4.69) is 40.3 Å². The molecule has 0 unspecified atom stereocenters. The standard InChI is InChI=1S/C41H39F4N6OS/c1-51(2,25-29-13-21-34(42)22-14-29)26-38-48-47-37(50(38)23-28-11-15-31(16-12-28)32-17-19-33(20-18-32)41(43,44)45)24-49-36-10-6-9-35(36)39(52)46-40(49)53-27-30-7-4-3-5-8-30/h3-5,7-8,11-22H,6,9-10,23-27H2,1-2H3/q+1. The average molecular weight is 740 g/mol. The molecule has 12 heteroatoms. The molecule has 0 radical (unpaired) electrons. The highest BCUT2D eigenvalue weighted by Crippen LogP contribution is 2.32. The molecule has 0 saturated carbocycles. The number of halogens is 4. The minimum absolute atomic E-state index is 0.167. The lowest BCUT2D eigenvalue weighted by Gasteiger charge is -2.29. The zero-order valence-electron chi connectivity index (χ0n) is 29.5. The Kier molecular flexibility index (Phi) is 10.4. The van der Waals surface area contributed by atoms with Gasteiger partial charge in [-0.15, -0.1) is 10.2 Å². The van der Waals surface area contributed by atoms with Crippen LogP contribution in [-0.4, -0.2) is 42.9 Å². The molecule has 0 amide bonds. The lowest BCUT2D eigenvalue weighted by Crippen LogP contribution is -2.39.